The molecule has 0 saturated carbocycles. The van der Waals surface area contributed by atoms with Gasteiger partial charge in [0.05, 0.1) is 31.4 Å². The van der Waals surface area contributed by atoms with Crippen LogP contribution in [-0.2, 0) is 9.47 Å². The Balaban J connectivity index is 1.88. The Bertz CT molecular complexity index is 1110. The van der Waals surface area contributed by atoms with Gasteiger partial charge in [-0.2, -0.15) is 0 Å². The molecule has 0 aliphatic carbocycles. The number of carboxylic acids is 1. The maximum Gasteiger partial charge on any atom is 0.344 e. The van der Waals surface area contributed by atoms with Crippen molar-refractivity contribution < 1.29 is 19.4 Å². The highest BCUT2D eigenvalue weighted by molar-refractivity contribution is 7.18. The Labute approximate surface area is 179 Å². The van der Waals surface area contributed by atoms with Crippen molar-refractivity contribution in [1.29, 1.82) is 0 Å². The molecule has 7 heteroatoms. The predicted molar refractivity (Wildman–Crippen MR) is 118 cm³/mol. The molecular weight excluding hydrogens is 400 g/mol. The van der Waals surface area contributed by atoms with Gasteiger partial charge in [0.25, 0.3) is 0 Å². The third-order valence-electron chi connectivity index (χ3n) is 5.36. The van der Waals surface area contributed by atoms with Crippen molar-refractivity contribution in [3.63, 3.8) is 0 Å². The van der Waals surface area contributed by atoms with Crippen molar-refractivity contribution in [2.45, 2.75) is 5.92 Å². The van der Waals surface area contributed by atoms with Crippen molar-refractivity contribution in [2.24, 2.45) is 0 Å². The maximum absolute atomic E-state index is 12.2. The molecular formula is C23H22N2O4S. The number of thiophene rings is 1. The van der Waals surface area contributed by atoms with Gasteiger partial charge in [-0.1, -0.05) is 42.5 Å². The van der Waals surface area contributed by atoms with Gasteiger partial charge in [0.1, 0.15) is 4.88 Å². The van der Waals surface area contributed by atoms with E-state index in [1.807, 2.05) is 36.4 Å². The Morgan fingerprint density at radius 1 is 1.27 bits per heavy atom. The van der Waals surface area contributed by atoms with Gasteiger partial charge in [-0.25, -0.2) is 9.64 Å². The molecule has 1 atom stereocenters. The highest BCUT2D eigenvalue weighted by atomic mass is 32.1. The number of ether oxygens (including phenoxy) is 2. The van der Waals surface area contributed by atoms with Crippen molar-refractivity contribution in [2.75, 3.05) is 44.9 Å². The molecule has 0 spiro atoms. The molecule has 4 rings (SSSR count). The predicted octanol–water partition coefficient (Wildman–Crippen LogP) is 4.77. The van der Waals surface area contributed by atoms with E-state index >= 15 is 0 Å². The molecule has 2 heterocycles. The Morgan fingerprint density at radius 3 is 2.67 bits per heavy atom. The average Bonchev–Trinajstić information content (AvgIpc) is 3.17. The summed E-state index contributed by atoms with van der Waals surface area (Å²) in [5, 5.41) is 12.8. The summed E-state index contributed by atoms with van der Waals surface area (Å²) in [7, 11) is 1.60. The van der Waals surface area contributed by atoms with Crippen LogP contribution in [0.4, 0.5) is 10.7 Å². The molecule has 1 aliphatic rings. The van der Waals surface area contributed by atoms with E-state index in [0.717, 1.165) is 16.3 Å². The Morgan fingerprint density at radius 2 is 2.00 bits per heavy atom. The van der Waals surface area contributed by atoms with E-state index in [0.29, 0.717) is 49.2 Å². The molecule has 0 radical (unpaired) electrons. The van der Waals surface area contributed by atoms with Crippen LogP contribution in [0.2, 0.25) is 0 Å². The number of benzene rings is 2. The van der Waals surface area contributed by atoms with Crippen LogP contribution >= 0.6 is 11.3 Å². The summed E-state index contributed by atoms with van der Waals surface area (Å²) in [6, 6.07) is 14.1. The molecule has 1 aromatic heterocycles. The molecule has 1 aliphatic heterocycles. The fraction of sp³-hybridized carbons (Fsp3) is 0.304. The number of anilines is 1. The largest absolute Gasteiger partial charge is 0.477 e. The van der Waals surface area contributed by atoms with E-state index < -0.39 is 5.97 Å². The highest BCUT2D eigenvalue weighted by Gasteiger charge is 2.32. The van der Waals surface area contributed by atoms with Crippen molar-refractivity contribution >= 4 is 38.8 Å². The van der Waals surface area contributed by atoms with Gasteiger partial charge in [0.15, 0.2) is 0 Å². The van der Waals surface area contributed by atoms with E-state index in [2.05, 4.69) is 15.8 Å². The lowest BCUT2D eigenvalue weighted by molar-refractivity contribution is 0.0700. The average molecular weight is 423 g/mol. The third-order valence-corrected chi connectivity index (χ3v) is 6.61. The van der Waals surface area contributed by atoms with Gasteiger partial charge in [0.2, 0.25) is 5.69 Å². The zero-order valence-electron chi connectivity index (χ0n) is 16.6. The molecule has 1 N–H and O–H groups in total. The van der Waals surface area contributed by atoms with Gasteiger partial charge in [0, 0.05) is 26.1 Å². The van der Waals surface area contributed by atoms with Crippen LogP contribution in [-0.4, -0.2) is 51.1 Å². The molecule has 0 bridgehead atoms. The second kappa shape index (κ2) is 8.84. The topological polar surface area (TPSA) is 63.4 Å². The Kier molecular flexibility index (Phi) is 6.00. The van der Waals surface area contributed by atoms with Crippen LogP contribution in [0, 0.1) is 6.57 Å². The standard InChI is InChI=1S/C23H22N2O4S/c1-24-20-19(21(23(26)27)30-22(20)25-9-11-29-12-10-25)18(14-28-2)17-8-7-15-5-3-4-6-16(15)13-17/h3-8,13,18H,9-12,14H2,2H3,(H,26,27). The molecule has 2 aromatic carbocycles. The SMILES string of the molecule is [C-]#[N+]c1c(N2CCOCC2)sc(C(=O)O)c1C(COC)c1ccc2ccccc2c1. The zero-order chi connectivity index (χ0) is 21.1. The van der Waals surface area contributed by atoms with Gasteiger partial charge >= 0.3 is 5.97 Å². The van der Waals surface area contributed by atoms with E-state index in [4.69, 9.17) is 16.0 Å². The molecule has 30 heavy (non-hydrogen) atoms. The van der Waals surface area contributed by atoms with E-state index in [9.17, 15) is 9.90 Å². The van der Waals surface area contributed by atoms with Crippen LogP contribution in [0.3, 0.4) is 0 Å². The monoisotopic (exact) mass is 422 g/mol. The first-order chi connectivity index (χ1) is 14.6. The molecule has 0 amide bonds. The number of methoxy groups -OCH3 is 1. The van der Waals surface area contributed by atoms with Gasteiger partial charge in [-0.3, -0.25) is 0 Å². The molecule has 154 valence electrons. The van der Waals surface area contributed by atoms with E-state index in [-0.39, 0.29) is 10.8 Å². The number of nitrogens with zero attached hydrogens (tertiary/aromatic N) is 2. The lowest BCUT2D eigenvalue weighted by atomic mass is 9.89. The lowest BCUT2D eigenvalue weighted by Crippen LogP contribution is -2.35. The normalized spacial score (nSPS) is 15.1. The molecule has 6 nitrogen and oxygen atoms in total. The van der Waals surface area contributed by atoms with Crippen LogP contribution in [0.5, 0.6) is 0 Å². The van der Waals surface area contributed by atoms with Crippen LogP contribution in [0.15, 0.2) is 42.5 Å². The summed E-state index contributed by atoms with van der Waals surface area (Å²) in [6.45, 7) is 10.6. The van der Waals surface area contributed by atoms with Crippen LogP contribution in [0.25, 0.3) is 15.6 Å². The Hall–Kier alpha value is -2.92. The second-order valence-electron chi connectivity index (χ2n) is 7.13. The number of rotatable bonds is 6. The van der Waals surface area contributed by atoms with Crippen molar-refractivity contribution in [3.05, 3.63) is 69.9 Å². The number of carboxylic acid groups (broad SMARTS) is 1. The first-order valence-electron chi connectivity index (χ1n) is 9.71. The van der Waals surface area contributed by atoms with Crippen molar-refractivity contribution in [3.8, 4) is 0 Å². The molecule has 1 unspecified atom stereocenters. The number of morpholine rings is 1. The van der Waals surface area contributed by atoms with Crippen molar-refractivity contribution in [1.82, 2.24) is 0 Å². The van der Waals surface area contributed by atoms with Gasteiger partial charge in [-0.05, 0) is 21.9 Å². The van der Waals surface area contributed by atoms with Gasteiger partial charge < -0.3 is 19.5 Å². The van der Waals surface area contributed by atoms with Crippen LogP contribution < -0.4 is 4.90 Å². The summed E-state index contributed by atoms with van der Waals surface area (Å²) in [5.74, 6) is -1.36. The fourth-order valence-corrected chi connectivity index (χ4v) is 5.12. The number of carbonyl (C=O) groups is 1. The fourth-order valence-electron chi connectivity index (χ4n) is 3.93. The quantitative estimate of drug-likeness (QED) is 0.580. The number of hydrogen-bond acceptors (Lipinski definition) is 5. The molecule has 3 aromatic rings. The first-order valence-corrected chi connectivity index (χ1v) is 10.5. The minimum atomic E-state index is -1.01. The lowest BCUT2D eigenvalue weighted by Gasteiger charge is -2.28. The van der Waals surface area contributed by atoms with Gasteiger partial charge in [-0.15, -0.1) is 11.3 Å². The molecule has 1 saturated heterocycles. The van der Waals surface area contributed by atoms with E-state index in [1.165, 1.54) is 11.3 Å². The zero-order valence-corrected chi connectivity index (χ0v) is 17.4. The van der Waals surface area contributed by atoms with E-state index in [1.54, 1.807) is 7.11 Å². The summed E-state index contributed by atoms with van der Waals surface area (Å²) in [6.07, 6.45) is 0. The first kappa shape index (κ1) is 20.4. The summed E-state index contributed by atoms with van der Waals surface area (Å²) in [4.78, 5) is 18.2. The summed E-state index contributed by atoms with van der Waals surface area (Å²) in [5.41, 5.74) is 1.89. The summed E-state index contributed by atoms with van der Waals surface area (Å²) >= 11 is 1.18. The maximum atomic E-state index is 12.2. The number of fused-ring (bicyclic) bond motifs is 1. The third kappa shape index (κ3) is 3.77. The van der Waals surface area contributed by atoms with Crippen LogP contribution in [0.1, 0.15) is 26.7 Å². The molecule has 1 fully saturated rings. The minimum Gasteiger partial charge on any atom is -0.477 e. The second-order valence-corrected chi connectivity index (χ2v) is 8.13. The minimum absolute atomic E-state index is 0.206. The smallest absolute Gasteiger partial charge is 0.344 e. The number of hydrogen-bond donors (Lipinski definition) is 1. The summed E-state index contributed by atoms with van der Waals surface area (Å²) < 4.78 is 10.9. The highest BCUT2D eigenvalue weighted by Crippen LogP contribution is 2.48. The number of aromatic carboxylic acids is 1.